The van der Waals surface area contributed by atoms with E-state index in [0.717, 1.165) is 18.2 Å². The van der Waals surface area contributed by atoms with E-state index in [9.17, 15) is 0 Å². The van der Waals surface area contributed by atoms with Gasteiger partial charge in [-0.1, -0.05) is 13.8 Å². The summed E-state index contributed by atoms with van der Waals surface area (Å²) in [6, 6.07) is 0.389. The lowest BCUT2D eigenvalue weighted by molar-refractivity contribution is 0.433. The Hall–Kier alpha value is -0.570. The second kappa shape index (κ2) is 4.78. The van der Waals surface area contributed by atoms with Crippen LogP contribution in [0.4, 0.5) is 0 Å². The molecule has 0 bridgehead atoms. The van der Waals surface area contributed by atoms with Gasteiger partial charge in [0.1, 0.15) is 5.82 Å². The molecule has 1 rings (SSSR count). The molecular weight excluding hydrogens is 198 g/mol. The molecule has 0 aliphatic rings. The van der Waals surface area contributed by atoms with Crippen molar-refractivity contribution in [1.29, 1.82) is 0 Å². The second-order valence-corrected chi connectivity index (χ2v) is 4.54. The molecule has 1 atom stereocenters. The Morgan fingerprint density at radius 1 is 1.21 bits per heavy atom. The van der Waals surface area contributed by atoms with Crippen LogP contribution in [-0.4, -0.2) is 14.8 Å². The Bertz CT molecular complexity index is 274. The summed E-state index contributed by atoms with van der Waals surface area (Å²) < 4.78 is 1.99. The zero-order valence-electron chi connectivity index (χ0n) is 9.29. The van der Waals surface area contributed by atoms with Crippen LogP contribution < -0.4 is 0 Å². The van der Waals surface area contributed by atoms with E-state index in [-0.39, 0.29) is 0 Å². The van der Waals surface area contributed by atoms with E-state index in [1.165, 1.54) is 6.42 Å². The van der Waals surface area contributed by atoms with Gasteiger partial charge in [-0.15, -0.1) is 10.2 Å². The molecule has 0 aromatic carbocycles. The summed E-state index contributed by atoms with van der Waals surface area (Å²) in [5.74, 6) is 1.62. The van der Waals surface area contributed by atoms with E-state index >= 15 is 0 Å². The molecule has 3 nitrogen and oxygen atoms in total. The van der Waals surface area contributed by atoms with Crippen molar-refractivity contribution >= 4 is 11.6 Å². The highest BCUT2D eigenvalue weighted by atomic mass is 35.5. The van der Waals surface area contributed by atoms with Gasteiger partial charge in [-0.25, -0.2) is 0 Å². The van der Waals surface area contributed by atoms with Gasteiger partial charge < -0.3 is 0 Å². The predicted octanol–water partition coefficient (Wildman–Crippen LogP) is 3.24. The van der Waals surface area contributed by atoms with Gasteiger partial charge in [0.2, 0.25) is 5.28 Å². The first-order chi connectivity index (χ1) is 6.52. The van der Waals surface area contributed by atoms with Gasteiger partial charge in [0.05, 0.1) is 0 Å². The van der Waals surface area contributed by atoms with Crippen LogP contribution in [-0.2, 0) is 0 Å². The zero-order valence-corrected chi connectivity index (χ0v) is 10.0. The van der Waals surface area contributed by atoms with Gasteiger partial charge >= 0.3 is 0 Å². The minimum Gasteiger partial charge on any atom is -0.299 e. The third kappa shape index (κ3) is 2.71. The number of hydrogen-bond acceptors (Lipinski definition) is 2. The molecule has 0 radical (unpaired) electrons. The molecule has 0 amide bonds. The molecular formula is C10H18ClN3. The highest BCUT2D eigenvalue weighted by molar-refractivity contribution is 6.28. The largest absolute Gasteiger partial charge is 0.299 e. The lowest BCUT2D eigenvalue weighted by atomic mass is 10.0. The van der Waals surface area contributed by atoms with Crippen LogP contribution in [0.3, 0.4) is 0 Å². The summed E-state index contributed by atoms with van der Waals surface area (Å²) in [6.45, 7) is 8.55. The normalized spacial score (nSPS) is 13.6. The highest BCUT2D eigenvalue weighted by Crippen LogP contribution is 2.21. The van der Waals surface area contributed by atoms with Gasteiger partial charge in [-0.3, -0.25) is 4.57 Å². The number of halogens is 1. The van der Waals surface area contributed by atoms with E-state index in [4.69, 9.17) is 11.6 Å². The van der Waals surface area contributed by atoms with Gasteiger partial charge in [0.25, 0.3) is 0 Å². The minimum atomic E-state index is 0.389. The van der Waals surface area contributed by atoms with Crippen LogP contribution in [0.1, 0.15) is 45.5 Å². The van der Waals surface area contributed by atoms with Crippen LogP contribution in [0.15, 0.2) is 0 Å². The molecule has 80 valence electrons. The molecule has 1 aromatic heterocycles. The Morgan fingerprint density at radius 3 is 2.29 bits per heavy atom. The minimum absolute atomic E-state index is 0.389. The first-order valence-electron chi connectivity index (χ1n) is 5.09. The second-order valence-electron chi connectivity index (χ2n) is 4.21. The van der Waals surface area contributed by atoms with Crippen molar-refractivity contribution in [2.75, 3.05) is 0 Å². The summed E-state index contributed by atoms with van der Waals surface area (Å²) in [4.78, 5) is 0. The summed E-state index contributed by atoms with van der Waals surface area (Å²) in [5.41, 5.74) is 0. The SMILES string of the molecule is Cc1nnc(Cl)n1C(C)CCC(C)C. The number of hydrogen-bond donors (Lipinski definition) is 0. The highest BCUT2D eigenvalue weighted by Gasteiger charge is 2.13. The standard InChI is InChI=1S/C10H18ClN3/c1-7(2)5-6-8(3)14-9(4)12-13-10(14)11/h7-8H,5-6H2,1-4H3. The van der Waals surface area contributed by atoms with E-state index < -0.39 is 0 Å². The van der Waals surface area contributed by atoms with Crippen molar-refractivity contribution in [3.8, 4) is 0 Å². The maximum absolute atomic E-state index is 5.94. The molecule has 4 heteroatoms. The third-order valence-corrected chi connectivity index (χ3v) is 2.68. The molecule has 1 heterocycles. The molecule has 14 heavy (non-hydrogen) atoms. The van der Waals surface area contributed by atoms with Crippen molar-refractivity contribution in [1.82, 2.24) is 14.8 Å². The van der Waals surface area contributed by atoms with Crippen LogP contribution in [0, 0.1) is 12.8 Å². The summed E-state index contributed by atoms with van der Waals surface area (Å²) in [7, 11) is 0. The number of aryl methyl sites for hydroxylation is 1. The summed E-state index contributed by atoms with van der Waals surface area (Å²) >= 11 is 5.94. The van der Waals surface area contributed by atoms with Crippen molar-refractivity contribution in [2.45, 2.75) is 46.6 Å². The molecule has 1 unspecified atom stereocenters. The van der Waals surface area contributed by atoms with Crippen LogP contribution in [0.25, 0.3) is 0 Å². The van der Waals surface area contributed by atoms with Gasteiger partial charge in [0.15, 0.2) is 0 Å². The smallest absolute Gasteiger partial charge is 0.225 e. The first-order valence-corrected chi connectivity index (χ1v) is 5.47. The van der Waals surface area contributed by atoms with Gasteiger partial charge in [-0.2, -0.15) is 0 Å². The molecule has 0 fully saturated rings. The summed E-state index contributed by atoms with van der Waals surface area (Å²) in [5, 5.41) is 8.29. The molecule has 0 saturated carbocycles. The Labute approximate surface area is 90.5 Å². The lowest BCUT2D eigenvalue weighted by Gasteiger charge is -2.16. The summed E-state index contributed by atoms with van der Waals surface area (Å²) in [6.07, 6.45) is 2.32. The fourth-order valence-corrected chi connectivity index (χ4v) is 1.87. The first kappa shape index (κ1) is 11.5. The van der Waals surface area contributed by atoms with Gasteiger partial charge in [0, 0.05) is 6.04 Å². The van der Waals surface area contributed by atoms with Crippen molar-refractivity contribution in [3.05, 3.63) is 11.1 Å². The number of nitrogens with zero attached hydrogens (tertiary/aromatic N) is 3. The van der Waals surface area contributed by atoms with Crippen molar-refractivity contribution in [2.24, 2.45) is 5.92 Å². The van der Waals surface area contributed by atoms with E-state index in [1.807, 2.05) is 11.5 Å². The average molecular weight is 216 g/mol. The Kier molecular flexibility index (Phi) is 3.93. The molecule has 0 spiro atoms. The monoisotopic (exact) mass is 215 g/mol. The molecule has 0 aliphatic carbocycles. The molecule has 0 saturated heterocycles. The van der Waals surface area contributed by atoms with Crippen LogP contribution in [0.2, 0.25) is 5.28 Å². The lowest BCUT2D eigenvalue weighted by Crippen LogP contribution is -2.08. The van der Waals surface area contributed by atoms with Gasteiger partial charge in [-0.05, 0) is 44.2 Å². The Morgan fingerprint density at radius 2 is 1.86 bits per heavy atom. The molecule has 0 N–H and O–H groups in total. The predicted molar refractivity (Wildman–Crippen MR) is 58.6 cm³/mol. The van der Waals surface area contributed by atoms with E-state index in [0.29, 0.717) is 11.3 Å². The van der Waals surface area contributed by atoms with Crippen LogP contribution in [0.5, 0.6) is 0 Å². The van der Waals surface area contributed by atoms with Crippen molar-refractivity contribution < 1.29 is 0 Å². The Balaban J connectivity index is 2.64. The number of rotatable bonds is 4. The zero-order chi connectivity index (χ0) is 10.7. The fourth-order valence-electron chi connectivity index (χ4n) is 1.55. The fraction of sp³-hybridized carbons (Fsp3) is 0.800. The number of aromatic nitrogens is 3. The van der Waals surface area contributed by atoms with E-state index in [2.05, 4.69) is 31.0 Å². The maximum Gasteiger partial charge on any atom is 0.225 e. The molecule has 1 aromatic rings. The van der Waals surface area contributed by atoms with E-state index in [1.54, 1.807) is 0 Å². The molecule has 0 aliphatic heterocycles. The third-order valence-electron chi connectivity index (χ3n) is 2.43. The quantitative estimate of drug-likeness (QED) is 0.772. The van der Waals surface area contributed by atoms with Crippen LogP contribution >= 0.6 is 11.6 Å². The topological polar surface area (TPSA) is 30.7 Å². The van der Waals surface area contributed by atoms with Crippen molar-refractivity contribution in [3.63, 3.8) is 0 Å². The average Bonchev–Trinajstić information content (AvgIpc) is 2.42. The maximum atomic E-state index is 5.94.